The molecule has 0 bridgehead atoms. The van der Waals surface area contributed by atoms with Gasteiger partial charge in [0.2, 0.25) is 11.8 Å². The molecular formula is C34H28N2O10. The molecule has 0 atom stereocenters. The number of benzene rings is 4. The van der Waals surface area contributed by atoms with Gasteiger partial charge in [-0.05, 0) is 72.8 Å². The van der Waals surface area contributed by atoms with Gasteiger partial charge >= 0.3 is 11.9 Å². The largest absolute Gasteiger partial charge is 0.497 e. The second-order valence-corrected chi connectivity index (χ2v) is 9.67. The lowest BCUT2D eigenvalue weighted by Crippen LogP contribution is -2.40. The Morgan fingerprint density at radius 1 is 0.500 bits per heavy atom. The first-order valence-corrected chi connectivity index (χ1v) is 13.7. The number of ether oxygens (including phenoxy) is 2. The van der Waals surface area contributed by atoms with Crippen LogP contribution in [0.4, 0.5) is 11.4 Å². The van der Waals surface area contributed by atoms with Crippen molar-refractivity contribution in [1.82, 2.24) is 0 Å². The highest BCUT2D eigenvalue weighted by molar-refractivity contribution is 6.25. The van der Waals surface area contributed by atoms with E-state index in [1.165, 1.54) is 111 Å². The van der Waals surface area contributed by atoms with Gasteiger partial charge in [0.25, 0.3) is 11.8 Å². The molecule has 0 radical (unpaired) electrons. The number of carboxylic acid groups (broad SMARTS) is 2. The number of imide groups is 2. The molecule has 0 saturated carbocycles. The molecule has 0 aliphatic rings. The Labute approximate surface area is 263 Å². The van der Waals surface area contributed by atoms with Crippen LogP contribution >= 0.6 is 0 Å². The van der Waals surface area contributed by atoms with E-state index in [1.54, 1.807) is 0 Å². The first-order valence-electron chi connectivity index (χ1n) is 13.7. The number of anilines is 2. The molecule has 0 unspecified atom stereocenters. The van der Waals surface area contributed by atoms with E-state index in [0.29, 0.717) is 11.5 Å². The van der Waals surface area contributed by atoms with Crippen LogP contribution in [0.1, 0.15) is 54.3 Å². The summed E-state index contributed by atoms with van der Waals surface area (Å²) in [7, 11) is 2.87. The minimum absolute atomic E-state index is 0.0851. The fourth-order valence-corrected chi connectivity index (χ4v) is 4.60. The number of carboxylic acids is 2. The van der Waals surface area contributed by atoms with E-state index in [2.05, 4.69) is 0 Å². The summed E-state index contributed by atoms with van der Waals surface area (Å²) in [6, 6.07) is 22.5. The van der Waals surface area contributed by atoms with Gasteiger partial charge < -0.3 is 19.7 Å². The molecule has 12 heteroatoms. The molecule has 0 spiro atoms. The van der Waals surface area contributed by atoms with Crippen LogP contribution in [0, 0.1) is 0 Å². The lowest BCUT2D eigenvalue weighted by Gasteiger charge is -2.24. The number of hydrogen-bond donors (Lipinski definition) is 2. The van der Waals surface area contributed by atoms with Crippen molar-refractivity contribution in [3.63, 3.8) is 0 Å². The van der Waals surface area contributed by atoms with Gasteiger partial charge in [-0.25, -0.2) is 19.4 Å². The smallest absolute Gasteiger partial charge is 0.336 e. The van der Waals surface area contributed by atoms with Crippen LogP contribution in [-0.4, -0.2) is 60.0 Å². The molecule has 0 saturated heterocycles. The molecule has 0 aromatic heterocycles. The molecule has 0 aliphatic heterocycles. The Balaban J connectivity index is 1.69. The van der Waals surface area contributed by atoms with Gasteiger partial charge in [-0.2, -0.15) is 0 Å². The number of nitrogens with zero attached hydrogens (tertiary/aromatic N) is 2. The highest BCUT2D eigenvalue weighted by atomic mass is 16.5. The zero-order valence-electron chi connectivity index (χ0n) is 24.7. The number of carbonyl (C=O) groups excluding carboxylic acids is 4. The molecule has 12 nitrogen and oxygen atoms in total. The van der Waals surface area contributed by atoms with Crippen molar-refractivity contribution in [3.05, 3.63) is 119 Å². The summed E-state index contributed by atoms with van der Waals surface area (Å²) in [5.41, 5.74) is -1.01. The van der Waals surface area contributed by atoms with Crippen LogP contribution in [0.25, 0.3) is 0 Å². The summed E-state index contributed by atoms with van der Waals surface area (Å²) in [5.74, 6) is -5.51. The van der Waals surface area contributed by atoms with Crippen molar-refractivity contribution < 1.29 is 48.5 Å². The fourth-order valence-electron chi connectivity index (χ4n) is 4.60. The maximum absolute atomic E-state index is 13.7. The van der Waals surface area contributed by atoms with E-state index in [0.717, 1.165) is 9.80 Å². The summed E-state index contributed by atoms with van der Waals surface area (Å²) >= 11 is 0. The maximum atomic E-state index is 13.7. The van der Waals surface area contributed by atoms with E-state index < -0.39 is 48.4 Å². The summed E-state index contributed by atoms with van der Waals surface area (Å²) in [6.07, 6.45) is -1.15. The van der Waals surface area contributed by atoms with E-state index in [-0.39, 0.29) is 33.6 Å². The van der Waals surface area contributed by atoms with Crippen LogP contribution in [-0.2, 0) is 9.59 Å². The zero-order chi connectivity index (χ0) is 33.4. The number of methoxy groups -OCH3 is 2. The maximum Gasteiger partial charge on any atom is 0.336 e. The minimum atomic E-state index is -1.38. The van der Waals surface area contributed by atoms with Gasteiger partial charge in [-0.1, -0.05) is 24.3 Å². The first kappa shape index (κ1) is 32.6. The minimum Gasteiger partial charge on any atom is -0.497 e. The van der Waals surface area contributed by atoms with Crippen LogP contribution in [0.3, 0.4) is 0 Å². The van der Waals surface area contributed by atoms with Gasteiger partial charge in [0, 0.05) is 12.8 Å². The Hall–Kier alpha value is -6.30. The molecular weight excluding hydrogens is 596 g/mol. The Bertz CT molecular complexity index is 1670. The lowest BCUT2D eigenvalue weighted by atomic mass is 10.0. The zero-order valence-corrected chi connectivity index (χ0v) is 24.7. The van der Waals surface area contributed by atoms with Gasteiger partial charge in [-0.15, -0.1) is 0 Å². The average Bonchev–Trinajstić information content (AvgIpc) is 3.08. The van der Waals surface area contributed by atoms with Crippen molar-refractivity contribution in [2.75, 3.05) is 24.0 Å². The van der Waals surface area contributed by atoms with Gasteiger partial charge in [-0.3, -0.25) is 19.2 Å². The van der Waals surface area contributed by atoms with Crippen molar-refractivity contribution in [2.45, 2.75) is 12.8 Å². The number of hydrogen-bond acceptors (Lipinski definition) is 8. The molecule has 0 aliphatic carbocycles. The molecule has 4 aromatic carbocycles. The van der Waals surface area contributed by atoms with E-state index >= 15 is 0 Å². The molecule has 2 N–H and O–H groups in total. The fraction of sp³-hybridized carbons (Fsp3) is 0.118. The molecule has 4 aromatic rings. The summed E-state index contributed by atoms with van der Waals surface area (Å²) in [4.78, 5) is 80.1. The summed E-state index contributed by atoms with van der Waals surface area (Å²) in [6.45, 7) is 0. The van der Waals surface area contributed by atoms with Gasteiger partial charge in [0.1, 0.15) is 11.5 Å². The third-order valence-electron chi connectivity index (χ3n) is 6.89. The SMILES string of the molecule is COc1ccc(N(C(=O)CCC(=O)N(C(=O)c2ccccc2C(=O)O)c2ccc(OC)cc2)C(=O)c2ccccc2C(=O)O)cc1. The van der Waals surface area contributed by atoms with Gasteiger partial charge in [0.15, 0.2) is 0 Å². The molecule has 0 heterocycles. The monoisotopic (exact) mass is 624 g/mol. The van der Waals surface area contributed by atoms with E-state index in [4.69, 9.17) is 9.47 Å². The van der Waals surface area contributed by atoms with Crippen molar-refractivity contribution in [2.24, 2.45) is 0 Å². The third-order valence-corrected chi connectivity index (χ3v) is 6.89. The van der Waals surface area contributed by atoms with Crippen molar-refractivity contribution in [1.29, 1.82) is 0 Å². The van der Waals surface area contributed by atoms with Crippen LogP contribution in [0.15, 0.2) is 97.1 Å². The normalized spacial score (nSPS) is 10.4. The summed E-state index contributed by atoms with van der Waals surface area (Å²) in [5, 5.41) is 19.3. The highest BCUT2D eigenvalue weighted by Gasteiger charge is 2.31. The number of rotatable bonds is 11. The Morgan fingerprint density at radius 2 is 0.804 bits per heavy atom. The number of amides is 4. The van der Waals surface area contributed by atoms with Crippen molar-refractivity contribution in [3.8, 4) is 11.5 Å². The average molecular weight is 625 g/mol. The third kappa shape index (κ3) is 7.08. The van der Waals surface area contributed by atoms with E-state index in [9.17, 15) is 39.0 Å². The number of carbonyl (C=O) groups is 6. The second-order valence-electron chi connectivity index (χ2n) is 9.67. The molecule has 4 rings (SSSR count). The van der Waals surface area contributed by atoms with Gasteiger partial charge in [0.05, 0.1) is 47.8 Å². The standard InChI is InChI=1S/C34H28N2O10/c1-45-23-15-11-21(12-16-23)35(31(39)25-7-3-5-9-27(25)33(41)42)29(37)19-20-30(38)36(22-13-17-24(46-2)18-14-22)32(40)26-8-4-6-10-28(26)34(43)44/h3-18H,19-20H2,1-2H3,(H,41,42)(H,43,44). The quantitative estimate of drug-likeness (QED) is 0.234. The molecule has 4 amide bonds. The topological polar surface area (TPSA) is 168 Å². The predicted molar refractivity (Wildman–Crippen MR) is 166 cm³/mol. The van der Waals surface area contributed by atoms with E-state index in [1.807, 2.05) is 0 Å². The summed E-state index contributed by atoms with van der Waals surface area (Å²) < 4.78 is 10.3. The van der Waals surface area contributed by atoms with Crippen LogP contribution in [0.2, 0.25) is 0 Å². The Kier molecular flexibility index (Phi) is 10.2. The van der Waals surface area contributed by atoms with Crippen molar-refractivity contribution >= 4 is 46.9 Å². The molecule has 234 valence electrons. The predicted octanol–water partition coefficient (Wildman–Crippen LogP) is 4.93. The van der Waals surface area contributed by atoms with Crippen LogP contribution < -0.4 is 19.3 Å². The first-order chi connectivity index (χ1) is 22.1. The Morgan fingerprint density at radius 3 is 1.09 bits per heavy atom. The molecule has 0 fully saturated rings. The second kappa shape index (κ2) is 14.4. The molecule has 46 heavy (non-hydrogen) atoms. The number of aromatic carboxylic acids is 2. The van der Waals surface area contributed by atoms with Crippen LogP contribution in [0.5, 0.6) is 11.5 Å². The lowest BCUT2D eigenvalue weighted by molar-refractivity contribution is -0.123. The highest BCUT2D eigenvalue weighted by Crippen LogP contribution is 2.26.